The molecule has 0 fully saturated rings. The Morgan fingerprint density at radius 2 is 1.60 bits per heavy atom. The van der Waals surface area contributed by atoms with E-state index in [2.05, 4.69) is 0 Å². The fourth-order valence-corrected chi connectivity index (χ4v) is 3.23. The summed E-state index contributed by atoms with van der Waals surface area (Å²) in [6.45, 7) is -0.0195. The molecule has 104 valence electrons. The van der Waals surface area contributed by atoms with Crippen LogP contribution in [0.25, 0.3) is 0 Å². The number of hydrogen-bond donors (Lipinski definition) is 1. The van der Waals surface area contributed by atoms with E-state index in [0.717, 1.165) is 0 Å². The van der Waals surface area contributed by atoms with Crippen LogP contribution in [0.3, 0.4) is 0 Å². The highest BCUT2D eigenvalue weighted by Crippen LogP contribution is 2.35. The van der Waals surface area contributed by atoms with Crippen LogP contribution in [-0.4, -0.2) is 20.3 Å². The lowest BCUT2D eigenvalue weighted by Crippen LogP contribution is -2.02. The van der Waals surface area contributed by atoms with Crippen LogP contribution in [-0.2, 0) is 16.4 Å². The van der Waals surface area contributed by atoms with Crippen molar-refractivity contribution in [2.45, 2.75) is 16.4 Å². The molecule has 0 radical (unpaired) electrons. The Hall–Kier alpha value is -2.05. The van der Waals surface area contributed by atoms with E-state index in [-0.39, 0.29) is 23.2 Å². The van der Waals surface area contributed by atoms with Crippen LogP contribution in [0.2, 0.25) is 0 Å². The van der Waals surface area contributed by atoms with Gasteiger partial charge in [-0.2, -0.15) is 0 Å². The van der Waals surface area contributed by atoms with Crippen molar-refractivity contribution in [2.24, 2.45) is 0 Å². The van der Waals surface area contributed by atoms with Gasteiger partial charge < -0.3 is 14.6 Å². The summed E-state index contributed by atoms with van der Waals surface area (Å²) in [6.07, 6.45) is 0. The molecule has 6 heteroatoms. The molecule has 1 aliphatic rings. The highest BCUT2D eigenvalue weighted by molar-refractivity contribution is 7.91. The minimum absolute atomic E-state index is 0.101. The van der Waals surface area contributed by atoms with Gasteiger partial charge in [-0.15, -0.1) is 0 Å². The first-order valence-electron chi connectivity index (χ1n) is 5.96. The van der Waals surface area contributed by atoms with Crippen LogP contribution in [0.4, 0.5) is 0 Å². The summed E-state index contributed by atoms with van der Waals surface area (Å²) >= 11 is 0. The quantitative estimate of drug-likeness (QED) is 0.933. The number of sulfone groups is 1. The highest BCUT2D eigenvalue weighted by Gasteiger charge is 2.22. The number of benzene rings is 2. The first-order chi connectivity index (χ1) is 9.61. The summed E-state index contributed by atoms with van der Waals surface area (Å²) in [5, 5.41) is 8.97. The van der Waals surface area contributed by atoms with Crippen LogP contribution >= 0.6 is 0 Å². The smallest absolute Gasteiger partial charge is 0.231 e. The average molecular weight is 292 g/mol. The number of aliphatic hydroxyl groups excluding tert-OH is 1. The van der Waals surface area contributed by atoms with Crippen molar-refractivity contribution >= 4 is 9.84 Å². The molecule has 0 bridgehead atoms. The van der Waals surface area contributed by atoms with E-state index in [0.29, 0.717) is 17.1 Å². The Kier molecular flexibility index (Phi) is 3.11. The second kappa shape index (κ2) is 4.81. The third-order valence-corrected chi connectivity index (χ3v) is 4.84. The third kappa shape index (κ3) is 2.13. The molecule has 0 atom stereocenters. The summed E-state index contributed by atoms with van der Waals surface area (Å²) in [5.74, 6) is 0.970. The molecule has 20 heavy (non-hydrogen) atoms. The molecule has 2 aromatic rings. The molecule has 3 rings (SSSR count). The van der Waals surface area contributed by atoms with Crippen molar-refractivity contribution in [3.63, 3.8) is 0 Å². The average Bonchev–Trinajstić information content (AvgIpc) is 2.94. The van der Waals surface area contributed by atoms with Crippen molar-refractivity contribution in [1.29, 1.82) is 0 Å². The van der Waals surface area contributed by atoms with Crippen LogP contribution in [0, 0.1) is 0 Å². The van der Waals surface area contributed by atoms with Crippen LogP contribution in [0.15, 0.2) is 52.3 Å². The molecule has 0 saturated heterocycles. The fourth-order valence-electron chi connectivity index (χ4n) is 1.95. The maximum atomic E-state index is 12.5. The second-order valence-electron chi connectivity index (χ2n) is 4.32. The van der Waals surface area contributed by atoms with Gasteiger partial charge >= 0.3 is 0 Å². The van der Waals surface area contributed by atoms with E-state index in [9.17, 15) is 8.42 Å². The van der Waals surface area contributed by atoms with E-state index in [4.69, 9.17) is 14.6 Å². The zero-order valence-electron chi connectivity index (χ0n) is 10.4. The third-order valence-electron chi connectivity index (χ3n) is 3.07. The maximum Gasteiger partial charge on any atom is 0.231 e. The summed E-state index contributed by atoms with van der Waals surface area (Å²) in [5.41, 5.74) is 0.662. The van der Waals surface area contributed by atoms with Gasteiger partial charge in [0, 0.05) is 6.07 Å². The molecule has 5 nitrogen and oxygen atoms in total. The molecule has 0 spiro atoms. The van der Waals surface area contributed by atoms with E-state index in [1.165, 1.54) is 24.3 Å². The predicted molar refractivity (Wildman–Crippen MR) is 70.4 cm³/mol. The van der Waals surface area contributed by atoms with Crippen LogP contribution in [0.1, 0.15) is 5.56 Å². The minimum atomic E-state index is -3.60. The van der Waals surface area contributed by atoms with Crippen molar-refractivity contribution in [3.8, 4) is 11.5 Å². The number of fused-ring (bicyclic) bond motifs is 1. The first kappa shape index (κ1) is 13.0. The summed E-state index contributed by atoms with van der Waals surface area (Å²) in [4.78, 5) is 0.326. The van der Waals surface area contributed by atoms with Crippen molar-refractivity contribution in [2.75, 3.05) is 6.79 Å². The van der Waals surface area contributed by atoms with E-state index >= 15 is 0 Å². The fraction of sp³-hybridized carbons (Fsp3) is 0.143. The van der Waals surface area contributed by atoms with Gasteiger partial charge in [-0.25, -0.2) is 8.42 Å². The first-order valence-corrected chi connectivity index (χ1v) is 7.44. The standard InChI is InChI=1S/C14H12O5S/c15-8-10-1-3-11(4-2-10)20(16,17)12-5-6-13-14(7-12)19-9-18-13/h1-7,15H,8-9H2. The Bertz CT molecular complexity index is 735. The van der Waals surface area contributed by atoms with Gasteiger partial charge in [-0.3, -0.25) is 0 Å². The largest absolute Gasteiger partial charge is 0.454 e. The molecule has 0 aromatic heterocycles. The SMILES string of the molecule is O=S(=O)(c1ccc(CO)cc1)c1ccc2c(c1)OCO2. The number of aliphatic hydroxyl groups is 1. The number of rotatable bonds is 3. The van der Waals surface area contributed by atoms with Gasteiger partial charge in [0.1, 0.15) is 0 Å². The second-order valence-corrected chi connectivity index (χ2v) is 6.27. The monoisotopic (exact) mass is 292 g/mol. The zero-order chi connectivity index (χ0) is 14.2. The normalized spacial score (nSPS) is 13.4. The van der Waals surface area contributed by atoms with Gasteiger partial charge in [0.25, 0.3) is 0 Å². The van der Waals surface area contributed by atoms with Gasteiger partial charge in [-0.1, -0.05) is 12.1 Å². The topological polar surface area (TPSA) is 72.8 Å². The molecule has 0 amide bonds. The van der Waals surface area contributed by atoms with E-state index in [1.54, 1.807) is 18.2 Å². The summed E-state index contributed by atoms with van der Waals surface area (Å²) < 4.78 is 35.3. The molecular weight excluding hydrogens is 280 g/mol. The van der Waals surface area contributed by atoms with Gasteiger partial charge in [0.15, 0.2) is 11.5 Å². The molecule has 0 saturated carbocycles. The minimum Gasteiger partial charge on any atom is -0.454 e. The van der Waals surface area contributed by atoms with Crippen LogP contribution in [0.5, 0.6) is 11.5 Å². The summed E-state index contributed by atoms with van der Waals surface area (Å²) in [6, 6.07) is 10.6. The maximum absolute atomic E-state index is 12.5. The molecule has 0 aliphatic carbocycles. The predicted octanol–water partition coefficient (Wildman–Crippen LogP) is 1.74. The van der Waals surface area contributed by atoms with Crippen molar-refractivity contribution in [3.05, 3.63) is 48.0 Å². The van der Waals surface area contributed by atoms with Crippen molar-refractivity contribution < 1.29 is 23.0 Å². The lowest BCUT2D eigenvalue weighted by atomic mass is 10.2. The van der Waals surface area contributed by atoms with E-state index in [1.807, 2.05) is 0 Å². The highest BCUT2D eigenvalue weighted by atomic mass is 32.2. The molecular formula is C14H12O5S. The lowest BCUT2D eigenvalue weighted by molar-refractivity contribution is 0.174. The van der Waals surface area contributed by atoms with Crippen molar-refractivity contribution in [1.82, 2.24) is 0 Å². The molecule has 2 aromatic carbocycles. The Morgan fingerprint density at radius 1 is 0.950 bits per heavy atom. The molecule has 1 N–H and O–H groups in total. The van der Waals surface area contributed by atoms with Gasteiger partial charge in [-0.05, 0) is 29.8 Å². The van der Waals surface area contributed by atoms with Gasteiger partial charge in [0.2, 0.25) is 16.6 Å². The molecule has 1 heterocycles. The summed E-state index contributed by atoms with van der Waals surface area (Å²) in [7, 11) is -3.60. The Labute approximate surface area is 116 Å². The number of ether oxygens (including phenoxy) is 2. The lowest BCUT2D eigenvalue weighted by Gasteiger charge is -2.06. The Morgan fingerprint density at radius 3 is 2.30 bits per heavy atom. The zero-order valence-corrected chi connectivity index (χ0v) is 11.3. The number of hydrogen-bond acceptors (Lipinski definition) is 5. The molecule has 1 aliphatic heterocycles. The van der Waals surface area contributed by atoms with Gasteiger partial charge in [0.05, 0.1) is 16.4 Å². The molecule has 0 unspecified atom stereocenters. The Balaban J connectivity index is 2.02. The van der Waals surface area contributed by atoms with E-state index < -0.39 is 9.84 Å². The van der Waals surface area contributed by atoms with Crippen LogP contribution < -0.4 is 9.47 Å².